The lowest BCUT2D eigenvalue weighted by atomic mass is 9.83. The molecule has 0 aromatic heterocycles. The molecule has 7 nitrogen and oxygen atoms in total. The number of benzene rings is 2. The van der Waals surface area contributed by atoms with E-state index in [2.05, 4.69) is 34.3 Å². The normalized spacial score (nSPS) is 21.2. The molecular formula is C22H26N4O3. The minimum absolute atomic E-state index is 0.0309. The number of fused-ring (bicyclic) bond motifs is 3. The minimum Gasteiger partial charge on any atom is -0.365 e. The Morgan fingerprint density at radius 1 is 1.21 bits per heavy atom. The number of rotatable bonds is 5. The Morgan fingerprint density at radius 3 is 2.76 bits per heavy atom. The molecule has 1 N–H and O–H groups in total. The van der Waals surface area contributed by atoms with Crippen molar-refractivity contribution in [3.8, 4) is 0 Å². The Labute approximate surface area is 170 Å². The van der Waals surface area contributed by atoms with E-state index in [9.17, 15) is 14.9 Å². The van der Waals surface area contributed by atoms with Crippen LogP contribution in [0.15, 0.2) is 48.5 Å². The molecule has 152 valence electrons. The summed E-state index contributed by atoms with van der Waals surface area (Å²) in [5.74, 6) is -0.189. The molecule has 1 saturated heterocycles. The molecule has 2 aliphatic rings. The Bertz CT molecular complexity index is 902. The van der Waals surface area contributed by atoms with Crippen LogP contribution in [0.4, 0.5) is 11.4 Å². The number of nitro benzene ring substituents is 1. The van der Waals surface area contributed by atoms with Crippen LogP contribution in [0.5, 0.6) is 0 Å². The van der Waals surface area contributed by atoms with Gasteiger partial charge in [-0.1, -0.05) is 30.3 Å². The van der Waals surface area contributed by atoms with E-state index in [1.165, 1.54) is 5.56 Å². The molecule has 2 heterocycles. The lowest BCUT2D eigenvalue weighted by Crippen LogP contribution is -2.60. The van der Waals surface area contributed by atoms with Crippen LogP contribution in [0, 0.1) is 16.0 Å². The van der Waals surface area contributed by atoms with E-state index >= 15 is 0 Å². The predicted molar refractivity (Wildman–Crippen MR) is 112 cm³/mol. The molecule has 1 amide bonds. The molecule has 1 fully saturated rings. The highest BCUT2D eigenvalue weighted by Gasteiger charge is 2.41. The molecule has 4 rings (SSSR count). The molecule has 2 aliphatic heterocycles. The molecule has 0 radical (unpaired) electrons. The van der Waals surface area contributed by atoms with Crippen molar-refractivity contribution in [3.63, 3.8) is 0 Å². The Morgan fingerprint density at radius 2 is 2.00 bits per heavy atom. The fourth-order valence-corrected chi connectivity index (χ4v) is 4.47. The lowest BCUT2D eigenvalue weighted by molar-refractivity contribution is -0.384. The number of hydrogen-bond acceptors (Lipinski definition) is 5. The summed E-state index contributed by atoms with van der Waals surface area (Å²) >= 11 is 0. The Hall–Kier alpha value is -2.93. The number of hydrogen-bond donors (Lipinski definition) is 1. The first-order chi connectivity index (χ1) is 14.0. The van der Waals surface area contributed by atoms with E-state index in [0.29, 0.717) is 13.0 Å². The van der Waals surface area contributed by atoms with Gasteiger partial charge in [0.2, 0.25) is 5.91 Å². The van der Waals surface area contributed by atoms with Crippen molar-refractivity contribution in [2.75, 3.05) is 38.1 Å². The van der Waals surface area contributed by atoms with E-state index in [0.717, 1.165) is 37.3 Å². The van der Waals surface area contributed by atoms with Crippen LogP contribution in [0.25, 0.3) is 0 Å². The summed E-state index contributed by atoms with van der Waals surface area (Å²) in [7, 11) is 2.08. The predicted octanol–water partition coefficient (Wildman–Crippen LogP) is 2.25. The summed E-state index contributed by atoms with van der Waals surface area (Å²) < 4.78 is 0. The lowest BCUT2D eigenvalue weighted by Gasteiger charge is -2.48. The second kappa shape index (κ2) is 8.21. The van der Waals surface area contributed by atoms with Crippen molar-refractivity contribution >= 4 is 17.3 Å². The second-order valence-electron chi connectivity index (χ2n) is 7.93. The Kier molecular flexibility index (Phi) is 5.49. The third-order valence-corrected chi connectivity index (χ3v) is 6.00. The van der Waals surface area contributed by atoms with E-state index in [1.807, 2.05) is 24.3 Å². The SMILES string of the molecule is CN1CCN2c3ccc([N+](=O)[O-])cc3C[C@H](C(=O)NCCc3ccccc3)[C@@H]2C1. The van der Waals surface area contributed by atoms with E-state index < -0.39 is 0 Å². The van der Waals surface area contributed by atoms with E-state index in [4.69, 9.17) is 0 Å². The first kappa shape index (κ1) is 19.4. The van der Waals surface area contributed by atoms with Crippen molar-refractivity contribution in [3.05, 3.63) is 69.8 Å². The number of nitro groups is 1. The van der Waals surface area contributed by atoms with Gasteiger partial charge in [-0.25, -0.2) is 0 Å². The second-order valence-corrected chi connectivity index (χ2v) is 7.93. The highest BCUT2D eigenvalue weighted by Crippen LogP contribution is 2.37. The highest BCUT2D eigenvalue weighted by molar-refractivity contribution is 5.82. The zero-order chi connectivity index (χ0) is 20.4. The van der Waals surface area contributed by atoms with Gasteiger partial charge in [0.25, 0.3) is 5.69 Å². The van der Waals surface area contributed by atoms with Gasteiger partial charge in [0.05, 0.1) is 16.9 Å². The molecule has 0 aliphatic carbocycles. The molecule has 29 heavy (non-hydrogen) atoms. The first-order valence-electron chi connectivity index (χ1n) is 10.1. The third-order valence-electron chi connectivity index (χ3n) is 6.00. The zero-order valence-corrected chi connectivity index (χ0v) is 16.6. The maximum Gasteiger partial charge on any atom is 0.269 e. The van der Waals surface area contributed by atoms with Gasteiger partial charge in [-0.05, 0) is 37.1 Å². The molecule has 7 heteroatoms. The van der Waals surface area contributed by atoms with Crippen LogP contribution in [-0.2, 0) is 17.6 Å². The summed E-state index contributed by atoms with van der Waals surface area (Å²) in [6, 6.07) is 15.2. The van der Waals surface area contributed by atoms with Crippen molar-refractivity contribution < 1.29 is 9.72 Å². The largest absolute Gasteiger partial charge is 0.365 e. The van der Waals surface area contributed by atoms with Crippen LogP contribution < -0.4 is 10.2 Å². The molecule has 0 bridgehead atoms. The molecule has 0 unspecified atom stereocenters. The molecule has 0 spiro atoms. The molecule has 0 saturated carbocycles. The molecule has 2 aromatic carbocycles. The van der Waals surface area contributed by atoms with Crippen LogP contribution in [0.1, 0.15) is 11.1 Å². The van der Waals surface area contributed by atoms with E-state index in [1.54, 1.807) is 12.1 Å². The van der Waals surface area contributed by atoms with Crippen molar-refractivity contribution in [1.82, 2.24) is 10.2 Å². The highest BCUT2D eigenvalue weighted by atomic mass is 16.6. The van der Waals surface area contributed by atoms with Crippen LogP contribution in [0.2, 0.25) is 0 Å². The number of amides is 1. The number of nitrogens with zero attached hydrogens (tertiary/aromatic N) is 3. The van der Waals surface area contributed by atoms with Gasteiger partial charge in [-0.3, -0.25) is 14.9 Å². The minimum atomic E-state index is -0.370. The summed E-state index contributed by atoms with van der Waals surface area (Å²) in [6.07, 6.45) is 1.32. The fraction of sp³-hybridized carbons (Fsp3) is 0.409. The van der Waals surface area contributed by atoms with E-state index in [-0.39, 0.29) is 28.5 Å². The van der Waals surface area contributed by atoms with Gasteiger partial charge in [0.15, 0.2) is 0 Å². The maximum absolute atomic E-state index is 13.1. The number of nitrogens with one attached hydrogen (secondary N) is 1. The van der Waals surface area contributed by atoms with Crippen LogP contribution >= 0.6 is 0 Å². The molecule has 2 aromatic rings. The number of likely N-dealkylation sites (N-methyl/N-ethyl adjacent to an activating group) is 1. The number of carbonyl (C=O) groups is 1. The number of carbonyl (C=O) groups excluding carboxylic acids is 1. The number of non-ortho nitro benzene ring substituents is 1. The number of anilines is 1. The smallest absolute Gasteiger partial charge is 0.269 e. The topological polar surface area (TPSA) is 78.7 Å². The zero-order valence-electron chi connectivity index (χ0n) is 16.6. The van der Waals surface area contributed by atoms with Crippen molar-refractivity contribution in [2.24, 2.45) is 5.92 Å². The van der Waals surface area contributed by atoms with Crippen LogP contribution in [-0.4, -0.2) is 55.0 Å². The van der Waals surface area contributed by atoms with Crippen molar-refractivity contribution in [2.45, 2.75) is 18.9 Å². The van der Waals surface area contributed by atoms with Gasteiger partial charge in [0.1, 0.15) is 0 Å². The average molecular weight is 394 g/mol. The summed E-state index contributed by atoms with van der Waals surface area (Å²) in [4.78, 5) is 28.4. The third kappa shape index (κ3) is 4.10. The average Bonchev–Trinajstić information content (AvgIpc) is 2.73. The fourth-order valence-electron chi connectivity index (χ4n) is 4.47. The van der Waals surface area contributed by atoms with Crippen LogP contribution in [0.3, 0.4) is 0 Å². The molecular weight excluding hydrogens is 368 g/mol. The number of piperazine rings is 1. The summed E-state index contributed by atoms with van der Waals surface area (Å²) in [6.45, 7) is 3.13. The van der Waals surface area contributed by atoms with Gasteiger partial charge < -0.3 is 15.1 Å². The van der Waals surface area contributed by atoms with Crippen molar-refractivity contribution in [1.29, 1.82) is 0 Å². The first-order valence-corrected chi connectivity index (χ1v) is 10.1. The van der Waals surface area contributed by atoms with Gasteiger partial charge >= 0.3 is 0 Å². The molecule has 2 atom stereocenters. The summed E-state index contributed by atoms with van der Waals surface area (Å²) in [5.41, 5.74) is 3.20. The van der Waals surface area contributed by atoms with Gasteiger partial charge in [-0.2, -0.15) is 0 Å². The van der Waals surface area contributed by atoms with Gasteiger partial charge in [0, 0.05) is 44.0 Å². The summed E-state index contributed by atoms with van der Waals surface area (Å²) in [5, 5.41) is 14.3. The standard InChI is InChI=1S/C22H26N4O3/c1-24-11-12-25-20-8-7-18(26(28)29)13-17(20)14-19(21(25)15-24)22(27)23-10-9-16-5-3-2-4-6-16/h2-8,13,19,21H,9-12,14-15H2,1H3,(H,23,27)/t19-,21-/m0/s1. The Balaban J connectivity index is 1.52. The van der Waals surface area contributed by atoms with Gasteiger partial charge in [-0.15, -0.1) is 0 Å². The maximum atomic E-state index is 13.1. The quantitative estimate of drug-likeness (QED) is 0.622. The monoisotopic (exact) mass is 394 g/mol.